The molecule has 3 N–H and O–H groups in total. The second-order valence-corrected chi connectivity index (χ2v) is 9.93. The molecule has 2 amide bonds. The van der Waals surface area contributed by atoms with Crippen molar-refractivity contribution in [3.63, 3.8) is 0 Å². The number of aliphatic hydroxyl groups is 2. The molecule has 3 atom stereocenters. The van der Waals surface area contributed by atoms with Gasteiger partial charge in [0.15, 0.2) is 0 Å². The predicted molar refractivity (Wildman–Crippen MR) is 147 cm³/mol. The summed E-state index contributed by atoms with van der Waals surface area (Å²) in [7, 11) is 0. The Morgan fingerprint density at radius 1 is 0.923 bits per heavy atom. The van der Waals surface area contributed by atoms with Crippen LogP contribution in [-0.2, 0) is 11.2 Å². The first-order valence-corrected chi connectivity index (χ1v) is 13.7. The van der Waals surface area contributed by atoms with Gasteiger partial charge >= 0.3 is 0 Å². The molecule has 0 spiro atoms. The molecule has 0 bridgehead atoms. The highest BCUT2D eigenvalue weighted by molar-refractivity contribution is 6.00. The molecule has 0 aliphatic rings. The fraction of sp³-hybridized carbons (Fsp3) is 0.533. The number of aryl methyl sites for hydroxylation is 1. The third-order valence-electron chi connectivity index (χ3n) is 6.29. The lowest BCUT2D eigenvalue weighted by Gasteiger charge is -2.28. The minimum atomic E-state index is -1.49. The SMILES string of the molecule is CCCCOCC(O)C(O)C(Cc1cc(F)cc(F)c1)NC(=O)c1cc(C)cc(C(=O)N(CCC)CCC)c1. The molecule has 7 nitrogen and oxygen atoms in total. The van der Waals surface area contributed by atoms with Crippen molar-refractivity contribution >= 4 is 11.8 Å². The van der Waals surface area contributed by atoms with E-state index in [4.69, 9.17) is 4.74 Å². The van der Waals surface area contributed by atoms with Crippen LogP contribution in [0.5, 0.6) is 0 Å². The molecule has 39 heavy (non-hydrogen) atoms. The lowest BCUT2D eigenvalue weighted by Crippen LogP contribution is -2.51. The van der Waals surface area contributed by atoms with E-state index >= 15 is 0 Å². The van der Waals surface area contributed by atoms with Gasteiger partial charge in [-0.05, 0) is 74.1 Å². The standard InChI is InChI=1S/C30H42F2N2O5/c1-5-8-11-39-19-27(35)28(36)26(16-21-14-24(31)18-25(32)15-21)33-29(37)22-12-20(4)13-23(17-22)30(38)34(9-6-2)10-7-3/h12-15,17-18,26-28,35-36H,5-11,16,19H2,1-4H3,(H,33,37). The van der Waals surface area contributed by atoms with E-state index in [9.17, 15) is 28.6 Å². The Morgan fingerprint density at radius 3 is 2.13 bits per heavy atom. The fourth-order valence-electron chi connectivity index (χ4n) is 4.38. The van der Waals surface area contributed by atoms with E-state index in [2.05, 4.69) is 5.32 Å². The molecule has 0 heterocycles. The summed E-state index contributed by atoms with van der Waals surface area (Å²) in [5.74, 6) is -2.36. The van der Waals surface area contributed by atoms with Crippen molar-refractivity contribution in [3.8, 4) is 0 Å². The fourth-order valence-corrected chi connectivity index (χ4v) is 4.38. The van der Waals surface area contributed by atoms with Crippen LogP contribution in [0.1, 0.15) is 78.3 Å². The van der Waals surface area contributed by atoms with E-state index in [-0.39, 0.29) is 30.1 Å². The van der Waals surface area contributed by atoms with Gasteiger partial charge < -0.3 is 25.2 Å². The minimum Gasteiger partial charge on any atom is -0.388 e. The summed E-state index contributed by atoms with van der Waals surface area (Å²) >= 11 is 0. The van der Waals surface area contributed by atoms with Crippen LogP contribution in [0.3, 0.4) is 0 Å². The monoisotopic (exact) mass is 548 g/mol. The van der Waals surface area contributed by atoms with E-state index in [1.54, 1.807) is 24.0 Å². The number of nitrogens with zero attached hydrogens (tertiary/aromatic N) is 1. The average Bonchev–Trinajstić information content (AvgIpc) is 2.88. The molecule has 9 heteroatoms. The van der Waals surface area contributed by atoms with Crippen molar-refractivity contribution in [1.29, 1.82) is 0 Å². The van der Waals surface area contributed by atoms with E-state index in [0.29, 0.717) is 30.8 Å². The molecular weight excluding hydrogens is 506 g/mol. The second-order valence-electron chi connectivity index (χ2n) is 9.93. The summed E-state index contributed by atoms with van der Waals surface area (Å²) in [6.45, 7) is 9.18. The molecule has 0 aliphatic heterocycles. The van der Waals surface area contributed by atoms with Gasteiger partial charge in [-0.15, -0.1) is 0 Å². The first-order chi connectivity index (χ1) is 18.6. The van der Waals surface area contributed by atoms with E-state index < -0.39 is 35.8 Å². The van der Waals surface area contributed by atoms with Crippen LogP contribution in [0, 0.1) is 18.6 Å². The van der Waals surface area contributed by atoms with E-state index in [0.717, 1.165) is 43.9 Å². The summed E-state index contributed by atoms with van der Waals surface area (Å²) in [5.41, 5.74) is 1.47. The zero-order chi connectivity index (χ0) is 28.9. The summed E-state index contributed by atoms with van der Waals surface area (Å²) in [5, 5.41) is 24.2. The molecule has 0 aliphatic carbocycles. The molecule has 216 valence electrons. The first kappa shape index (κ1) is 32.3. The molecule has 2 aromatic rings. The highest BCUT2D eigenvalue weighted by Crippen LogP contribution is 2.17. The van der Waals surface area contributed by atoms with Crippen LogP contribution in [-0.4, -0.2) is 71.5 Å². The zero-order valence-electron chi connectivity index (χ0n) is 23.4. The largest absolute Gasteiger partial charge is 0.388 e. The Labute approximate surface area is 230 Å². The maximum Gasteiger partial charge on any atom is 0.253 e. The van der Waals surface area contributed by atoms with Gasteiger partial charge in [-0.3, -0.25) is 9.59 Å². The predicted octanol–water partition coefficient (Wildman–Crippen LogP) is 4.42. The minimum absolute atomic E-state index is 0.147. The molecule has 0 fully saturated rings. The van der Waals surface area contributed by atoms with Gasteiger partial charge in [-0.2, -0.15) is 0 Å². The number of unbranched alkanes of at least 4 members (excludes halogenated alkanes) is 1. The zero-order valence-corrected chi connectivity index (χ0v) is 23.4. The van der Waals surface area contributed by atoms with Gasteiger partial charge in [0.1, 0.15) is 23.8 Å². The lowest BCUT2D eigenvalue weighted by molar-refractivity contribution is -0.0510. The van der Waals surface area contributed by atoms with Gasteiger partial charge in [0.25, 0.3) is 11.8 Å². The van der Waals surface area contributed by atoms with Gasteiger partial charge in [0, 0.05) is 36.9 Å². The van der Waals surface area contributed by atoms with Crippen LogP contribution in [0.25, 0.3) is 0 Å². The Bertz CT molecular complexity index is 1060. The molecule has 2 rings (SSSR count). The van der Waals surface area contributed by atoms with Crippen LogP contribution >= 0.6 is 0 Å². The topological polar surface area (TPSA) is 99.1 Å². The highest BCUT2D eigenvalue weighted by atomic mass is 19.1. The third-order valence-corrected chi connectivity index (χ3v) is 6.29. The summed E-state index contributed by atoms with van der Waals surface area (Å²) in [6, 6.07) is 6.69. The number of benzene rings is 2. The number of carbonyl (C=O) groups excluding carboxylic acids is 2. The highest BCUT2D eigenvalue weighted by Gasteiger charge is 2.29. The number of ether oxygens (including phenoxy) is 1. The second kappa shape index (κ2) is 16.3. The van der Waals surface area contributed by atoms with Crippen molar-refractivity contribution in [1.82, 2.24) is 10.2 Å². The van der Waals surface area contributed by atoms with Crippen molar-refractivity contribution in [3.05, 3.63) is 70.3 Å². The Hall–Kier alpha value is -2.88. The third kappa shape index (κ3) is 10.3. The number of hydrogen-bond donors (Lipinski definition) is 3. The smallest absolute Gasteiger partial charge is 0.253 e. The average molecular weight is 549 g/mol. The molecule has 0 radical (unpaired) electrons. The molecular formula is C30H42F2N2O5. The first-order valence-electron chi connectivity index (χ1n) is 13.7. The van der Waals surface area contributed by atoms with Crippen LogP contribution in [0.4, 0.5) is 8.78 Å². The van der Waals surface area contributed by atoms with Gasteiger partial charge in [0.2, 0.25) is 0 Å². The molecule has 0 saturated carbocycles. The Balaban J connectivity index is 2.31. The van der Waals surface area contributed by atoms with E-state index in [1.807, 2.05) is 20.8 Å². The normalized spacial score (nSPS) is 13.5. The van der Waals surface area contributed by atoms with Crippen LogP contribution in [0.2, 0.25) is 0 Å². The van der Waals surface area contributed by atoms with Crippen LogP contribution < -0.4 is 5.32 Å². The number of nitrogens with one attached hydrogen (secondary N) is 1. The molecule has 0 aromatic heterocycles. The van der Waals surface area contributed by atoms with E-state index in [1.165, 1.54) is 6.07 Å². The maximum atomic E-state index is 13.8. The number of carbonyl (C=O) groups is 2. The van der Waals surface area contributed by atoms with Gasteiger partial charge in [-0.1, -0.05) is 27.2 Å². The van der Waals surface area contributed by atoms with Crippen molar-refractivity contribution < 1.29 is 33.3 Å². The maximum absolute atomic E-state index is 13.8. The number of aliphatic hydroxyl groups excluding tert-OH is 2. The molecule has 2 aromatic carbocycles. The Morgan fingerprint density at radius 2 is 1.54 bits per heavy atom. The summed E-state index contributed by atoms with van der Waals surface area (Å²) < 4.78 is 33.1. The number of amides is 2. The summed E-state index contributed by atoms with van der Waals surface area (Å²) in [4.78, 5) is 28.3. The van der Waals surface area contributed by atoms with Crippen molar-refractivity contribution in [2.75, 3.05) is 26.3 Å². The quantitative estimate of drug-likeness (QED) is 0.270. The number of hydrogen-bond acceptors (Lipinski definition) is 5. The summed E-state index contributed by atoms with van der Waals surface area (Å²) in [6.07, 6.45) is 0.303. The number of rotatable bonds is 16. The number of halogens is 2. The van der Waals surface area contributed by atoms with Gasteiger partial charge in [0.05, 0.1) is 12.6 Å². The van der Waals surface area contributed by atoms with Crippen LogP contribution in [0.15, 0.2) is 36.4 Å². The molecule has 0 saturated heterocycles. The van der Waals surface area contributed by atoms with Gasteiger partial charge in [-0.25, -0.2) is 8.78 Å². The lowest BCUT2D eigenvalue weighted by atomic mass is 9.96. The Kier molecular flexibility index (Phi) is 13.5. The van der Waals surface area contributed by atoms with Crippen molar-refractivity contribution in [2.24, 2.45) is 0 Å². The van der Waals surface area contributed by atoms with Crippen molar-refractivity contribution in [2.45, 2.75) is 78.0 Å². The molecule has 3 unspecified atom stereocenters.